The summed E-state index contributed by atoms with van der Waals surface area (Å²) in [6.45, 7) is 3.23. The molecule has 0 aromatic heterocycles. The molecule has 1 radical (unpaired) electrons. The van der Waals surface area contributed by atoms with Gasteiger partial charge in [-0.2, -0.15) is 0 Å². The highest BCUT2D eigenvalue weighted by molar-refractivity contribution is 5.95. The molecule has 3 amide bonds. The van der Waals surface area contributed by atoms with E-state index in [0.717, 1.165) is 38.4 Å². The fourth-order valence-corrected chi connectivity index (χ4v) is 4.24. The number of fused-ring (bicyclic) bond motifs is 1. The third-order valence-corrected chi connectivity index (χ3v) is 5.63. The van der Waals surface area contributed by atoms with Crippen LogP contribution in [0.2, 0.25) is 0 Å². The fraction of sp³-hybridized carbons (Fsp3) is 0.800. The van der Waals surface area contributed by atoms with Gasteiger partial charge in [0, 0.05) is 38.1 Å². The molecule has 4 aliphatic rings. The van der Waals surface area contributed by atoms with Crippen molar-refractivity contribution in [2.75, 3.05) is 26.2 Å². The predicted octanol–water partition coefficient (Wildman–Crippen LogP) is 0.183. The van der Waals surface area contributed by atoms with E-state index in [0.29, 0.717) is 13.1 Å². The maximum Gasteiger partial charge on any atom is 0.321 e. The number of likely N-dealkylation sites (tertiary alicyclic amines) is 1. The molecule has 4 fully saturated rings. The van der Waals surface area contributed by atoms with Gasteiger partial charge in [-0.05, 0) is 32.1 Å². The molecule has 0 aromatic rings. The Bertz CT molecular complexity index is 470. The highest BCUT2D eigenvalue weighted by atomic mass is 16.2. The monoisotopic (exact) mass is 291 g/mol. The first-order valence-electron chi connectivity index (χ1n) is 8.08. The zero-order valence-corrected chi connectivity index (χ0v) is 12.3. The second-order valence-electron chi connectivity index (χ2n) is 6.84. The van der Waals surface area contributed by atoms with E-state index < -0.39 is 5.54 Å². The number of nitrogens with zero attached hydrogens (tertiary/aromatic N) is 3. The summed E-state index contributed by atoms with van der Waals surface area (Å²) in [6, 6.07) is 1.07. The first-order chi connectivity index (χ1) is 10.1. The highest BCUT2D eigenvalue weighted by Crippen LogP contribution is 2.38. The number of carbonyl (C=O) groups excluding carboxylic acids is 2. The molecule has 4 rings (SSSR count). The van der Waals surface area contributed by atoms with Gasteiger partial charge < -0.3 is 20.4 Å². The molecule has 0 aromatic carbocycles. The number of urea groups is 1. The van der Waals surface area contributed by atoms with Crippen LogP contribution in [-0.2, 0) is 4.79 Å². The zero-order valence-electron chi connectivity index (χ0n) is 12.3. The van der Waals surface area contributed by atoms with E-state index in [9.17, 15) is 9.59 Å². The SMILES string of the molecule is NC(=O)[C@]12[CH]CCN1C(=O)N(C1CCN(C3CC3)CC1)C2. The van der Waals surface area contributed by atoms with E-state index in [1.807, 2.05) is 11.3 Å². The van der Waals surface area contributed by atoms with Gasteiger partial charge in [0.05, 0.1) is 6.54 Å². The summed E-state index contributed by atoms with van der Waals surface area (Å²) in [7, 11) is 0. The average molecular weight is 291 g/mol. The van der Waals surface area contributed by atoms with Crippen LogP contribution in [0.5, 0.6) is 0 Å². The van der Waals surface area contributed by atoms with Gasteiger partial charge in [-0.25, -0.2) is 4.79 Å². The van der Waals surface area contributed by atoms with E-state index in [-0.39, 0.29) is 18.0 Å². The maximum absolute atomic E-state index is 12.6. The van der Waals surface area contributed by atoms with Crippen LogP contribution in [0.3, 0.4) is 0 Å². The zero-order chi connectivity index (χ0) is 14.6. The van der Waals surface area contributed by atoms with Crippen molar-refractivity contribution < 1.29 is 9.59 Å². The van der Waals surface area contributed by atoms with E-state index in [4.69, 9.17) is 5.73 Å². The Balaban J connectivity index is 1.47. The topological polar surface area (TPSA) is 69.9 Å². The minimum absolute atomic E-state index is 0.00687. The molecule has 6 heteroatoms. The summed E-state index contributed by atoms with van der Waals surface area (Å²) in [5, 5.41) is 0. The molecule has 21 heavy (non-hydrogen) atoms. The molecule has 6 nitrogen and oxygen atoms in total. The van der Waals surface area contributed by atoms with Crippen LogP contribution < -0.4 is 5.73 Å². The molecule has 1 saturated carbocycles. The van der Waals surface area contributed by atoms with Gasteiger partial charge >= 0.3 is 6.03 Å². The van der Waals surface area contributed by atoms with Crippen LogP contribution in [-0.4, -0.2) is 70.4 Å². The number of carbonyl (C=O) groups is 2. The number of hydrogen-bond acceptors (Lipinski definition) is 3. The van der Waals surface area contributed by atoms with Gasteiger partial charge in [-0.1, -0.05) is 0 Å². The molecule has 1 atom stereocenters. The first kappa shape index (κ1) is 13.4. The Morgan fingerprint density at radius 2 is 1.86 bits per heavy atom. The quantitative estimate of drug-likeness (QED) is 0.806. The van der Waals surface area contributed by atoms with Crippen LogP contribution in [0.4, 0.5) is 4.79 Å². The maximum atomic E-state index is 12.6. The third kappa shape index (κ3) is 1.95. The Labute approximate surface area is 125 Å². The lowest BCUT2D eigenvalue weighted by Crippen LogP contribution is -2.53. The molecule has 3 aliphatic heterocycles. The number of primary amides is 1. The number of nitrogens with two attached hydrogens (primary N) is 1. The van der Waals surface area contributed by atoms with Crippen LogP contribution in [0.15, 0.2) is 0 Å². The van der Waals surface area contributed by atoms with Gasteiger partial charge in [0.2, 0.25) is 5.91 Å². The smallest absolute Gasteiger partial charge is 0.321 e. The fourth-order valence-electron chi connectivity index (χ4n) is 4.24. The standard InChI is InChI=1S/C15H23N4O2/c16-13(20)15-6-1-7-19(15)14(21)18(10-15)12-4-8-17(9-5-12)11-2-3-11/h6,11-12H,1-5,7-10H2,(H2,16,20)/t15-/m1/s1. The largest absolute Gasteiger partial charge is 0.368 e. The van der Waals surface area contributed by atoms with Crippen molar-refractivity contribution in [2.45, 2.75) is 49.7 Å². The molecule has 3 saturated heterocycles. The van der Waals surface area contributed by atoms with Crippen LogP contribution in [0.25, 0.3) is 0 Å². The van der Waals surface area contributed by atoms with Crippen LogP contribution in [0.1, 0.15) is 32.1 Å². The molecule has 1 aliphatic carbocycles. The van der Waals surface area contributed by atoms with Gasteiger partial charge in [-0.3, -0.25) is 4.79 Å². The number of amides is 3. The number of hydrogen-bond donors (Lipinski definition) is 1. The molecule has 0 unspecified atom stereocenters. The second-order valence-corrected chi connectivity index (χ2v) is 6.84. The minimum Gasteiger partial charge on any atom is -0.368 e. The lowest BCUT2D eigenvalue weighted by molar-refractivity contribution is -0.124. The normalized spacial score (nSPS) is 34.6. The molecular weight excluding hydrogens is 268 g/mol. The second kappa shape index (κ2) is 4.60. The van der Waals surface area contributed by atoms with Gasteiger partial charge in [0.15, 0.2) is 0 Å². The van der Waals surface area contributed by atoms with Gasteiger partial charge in [0.25, 0.3) is 0 Å². The summed E-state index contributed by atoms with van der Waals surface area (Å²) in [4.78, 5) is 30.7. The first-order valence-corrected chi connectivity index (χ1v) is 8.08. The Morgan fingerprint density at radius 3 is 2.43 bits per heavy atom. The number of piperidine rings is 1. The van der Waals surface area contributed by atoms with E-state index in [1.165, 1.54) is 12.8 Å². The van der Waals surface area contributed by atoms with Crippen molar-refractivity contribution >= 4 is 11.9 Å². The summed E-state index contributed by atoms with van der Waals surface area (Å²) in [5.74, 6) is -0.383. The lowest BCUT2D eigenvalue weighted by atomic mass is 9.95. The van der Waals surface area contributed by atoms with E-state index in [2.05, 4.69) is 4.90 Å². The van der Waals surface area contributed by atoms with E-state index >= 15 is 0 Å². The third-order valence-electron chi connectivity index (χ3n) is 5.63. The average Bonchev–Trinajstić information content (AvgIpc) is 3.17. The predicted molar refractivity (Wildman–Crippen MR) is 77.3 cm³/mol. The van der Waals surface area contributed by atoms with Crippen molar-refractivity contribution in [3.05, 3.63) is 6.42 Å². The highest BCUT2D eigenvalue weighted by Gasteiger charge is 2.57. The summed E-state index contributed by atoms with van der Waals surface area (Å²) < 4.78 is 0. The van der Waals surface area contributed by atoms with Crippen LogP contribution >= 0.6 is 0 Å². The Morgan fingerprint density at radius 1 is 1.14 bits per heavy atom. The molecular formula is C15H23N4O2. The van der Waals surface area contributed by atoms with E-state index in [1.54, 1.807) is 4.90 Å². The summed E-state index contributed by atoms with van der Waals surface area (Å²) in [6.07, 6.45) is 7.41. The van der Waals surface area contributed by atoms with Crippen molar-refractivity contribution in [2.24, 2.45) is 5.73 Å². The molecule has 0 bridgehead atoms. The summed E-state index contributed by atoms with van der Waals surface area (Å²) in [5.41, 5.74) is 4.76. The van der Waals surface area contributed by atoms with Crippen LogP contribution in [0, 0.1) is 6.42 Å². The van der Waals surface area contributed by atoms with Crippen molar-refractivity contribution in [1.82, 2.24) is 14.7 Å². The van der Waals surface area contributed by atoms with Crippen molar-refractivity contribution in [3.63, 3.8) is 0 Å². The molecule has 0 spiro atoms. The van der Waals surface area contributed by atoms with Gasteiger partial charge in [0.1, 0.15) is 5.54 Å². The summed E-state index contributed by atoms with van der Waals surface area (Å²) >= 11 is 0. The van der Waals surface area contributed by atoms with Crippen molar-refractivity contribution in [3.8, 4) is 0 Å². The minimum atomic E-state index is -0.843. The Hall–Kier alpha value is -1.30. The molecule has 115 valence electrons. The lowest BCUT2D eigenvalue weighted by Gasteiger charge is -2.36. The molecule has 2 N–H and O–H groups in total. The Kier molecular flexibility index (Phi) is 2.93. The van der Waals surface area contributed by atoms with Crippen molar-refractivity contribution in [1.29, 1.82) is 0 Å². The number of rotatable bonds is 3. The molecule has 3 heterocycles. The van der Waals surface area contributed by atoms with Gasteiger partial charge in [-0.15, -0.1) is 0 Å².